The molecule has 0 spiro atoms. The summed E-state index contributed by atoms with van der Waals surface area (Å²) in [6, 6.07) is 0. The zero-order valence-electron chi connectivity index (χ0n) is 11.1. The molecular formula is C15H24O2. The van der Waals surface area contributed by atoms with E-state index in [0.29, 0.717) is 6.42 Å². The number of carbonyl (C=O) groups excluding carboxylic acids is 1. The fourth-order valence-electron chi connectivity index (χ4n) is 2.00. The Morgan fingerprint density at radius 2 is 2.18 bits per heavy atom. The standard InChI is InChI=1S/C15H24O2/c1-3-5-6-7-8-15(16)13-9-11-14(12-10-13)17-4-2/h9-11,14H,3-8,12H2,1-2H3. The Morgan fingerprint density at radius 3 is 2.76 bits per heavy atom. The van der Waals surface area contributed by atoms with E-state index in [2.05, 4.69) is 6.92 Å². The molecule has 2 nitrogen and oxygen atoms in total. The van der Waals surface area contributed by atoms with Gasteiger partial charge in [-0.3, -0.25) is 4.79 Å². The van der Waals surface area contributed by atoms with Crippen molar-refractivity contribution in [2.24, 2.45) is 0 Å². The Bertz CT molecular complexity index is 289. The van der Waals surface area contributed by atoms with Crippen LogP contribution in [0.25, 0.3) is 0 Å². The van der Waals surface area contributed by atoms with Crippen LogP contribution >= 0.6 is 0 Å². The molecule has 17 heavy (non-hydrogen) atoms. The fraction of sp³-hybridized carbons (Fsp3) is 0.667. The summed E-state index contributed by atoms with van der Waals surface area (Å²) in [7, 11) is 0. The molecule has 0 saturated heterocycles. The lowest BCUT2D eigenvalue weighted by atomic mass is 9.98. The molecule has 0 radical (unpaired) electrons. The quantitative estimate of drug-likeness (QED) is 0.599. The molecule has 0 aliphatic heterocycles. The van der Waals surface area contributed by atoms with Gasteiger partial charge in [-0.05, 0) is 19.8 Å². The maximum atomic E-state index is 11.9. The fourth-order valence-corrected chi connectivity index (χ4v) is 2.00. The van der Waals surface area contributed by atoms with E-state index in [1.54, 1.807) is 0 Å². The highest BCUT2D eigenvalue weighted by Gasteiger charge is 2.12. The van der Waals surface area contributed by atoms with Gasteiger partial charge in [-0.2, -0.15) is 0 Å². The molecule has 0 bridgehead atoms. The highest BCUT2D eigenvalue weighted by molar-refractivity contribution is 5.98. The zero-order chi connectivity index (χ0) is 12.5. The number of rotatable bonds is 8. The summed E-state index contributed by atoms with van der Waals surface area (Å²) in [5.41, 5.74) is 0.873. The Kier molecular flexibility index (Phi) is 6.87. The molecule has 96 valence electrons. The van der Waals surface area contributed by atoms with Gasteiger partial charge in [0, 0.05) is 18.6 Å². The average molecular weight is 236 g/mol. The van der Waals surface area contributed by atoms with E-state index in [1.165, 1.54) is 19.3 Å². The van der Waals surface area contributed by atoms with Crippen LogP contribution in [0.5, 0.6) is 0 Å². The van der Waals surface area contributed by atoms with Crippen molar-refractivity contribution in [3.63, 3.8) is 0 Å². The number of allylic oxidation sites excluding steroid dienone is 2. The third-order valence-corrected chi connectivity index (χ3v) is 3.02. The van der Waals surface area contributed by atoms with E-state index in [0.717, 1.165) is 25.0 Å². The minimum atomic E-state index is 0.164. The second-order valence-electron chi connectivity index (χ2n) is 4.48. The lowest BCUT2D eigenvalue weighted by Gasteiger charge is -2.15. The molecule has 1 aliphatic carbocycles. The Hall–Kier alpha value is -0.890. The minimum absolute atomic E-state index is 0.164. The first-order chi connectivity index (χ1) is 8.27. The Labute approximate surface area is 105 Å². The van der Waals surface area contributed by atoms with Gasteiger partial charge in [0.2, 0.25) is 0 Å². The highest BCUT2D eigenvalue weighted by atomic mass is 16.5. The van der Waals surface area contributed by atoms with Crippen molar-refractivity contribution in [1.29, 1.82) is 0 Å². The van der Waals surface area contributed by atoms with Crippen LogP contribution < -0.4 is 0 Å². The molecule has 0 aromatic rings. The maximum absolute atomic E-state index is 11.9. The van der Waals surface area contributed by atoms with E-state index in [9.17, 15) is 4.79 Å². The van der Waals surface area contributed by atoms with Crippen LogP contribution in [0.1, 0.15) is 52.4 Å². The van der Waals surface area contributed by atoms with Crippen LogP contribution in [0.2, 0.25) is 0 Å². The lowest BCUT2D eigenvalue weighted by Crippen LogP contribution is -2.13. The van der Waals surface area contributed by atoms with Gasteiger partial charge in [0.1, 0.15) is 0 Å². The van der Waals surface area contributed by atoms with Crippen LogP contribution in [-0.4, -0.2) is 18.5 Å². The largest absolute Gasteiger partial charge is 0.374 e. The van der Waals surface area contributed by atoms with Gasteiger partial charge in [0.05, 0.1) is 6.10 Å². The van der Waals surface area contributed by atoms with Crippen molar-refractivity contribution in [2.75, 3.05) is 6.61 Å². The zero-order valence-corrected chi connectivity index (χ0v) is 11.1. The summed E-state index contributed by atoms with van der Waals surface area (Å²) in [6.07, 6.45) is 12.3. The van der Waals surface area contributed by atoms with E-state index in [-0.39, 0.29) is 11.9 Å². The van der Waals surface area contributed by atoms with Crippen LogP contribution in [0.15, 0.2) is 23.8 Å². The first-order valence-electron chi connectivity index (χ1n) is 6.81. The van der Waals surface area contributed by atoms with Crippen molar-refractivity contribution in [3.05, 3.63) is 23.8 Å². The summed E-state index contributed by atoms with van der Waals surface area (Å²) >= 11 is 0. The van der Waals surface area contributed by atoms with Gasteiger partial charge in [-0.1, -0.05) is 44.4 Å². The number of carbonyl (C=O) groups is 1. The molecule has 0 aromatic heterocycles. The normalized spacial score (nSPS) is 19.2. The number of Topliss-reactive ketones (excluding diaryl/α,β-unsaturated/α-hetero) is 1. The average Bonchev–Trinajstić information content (AvgIpc) is 2.36. The monoisotopic (exact) mass is 236 g/mol. The highest BCUT2D eigenvalue weighted by Crippen LogP contribution is 2.16. The predicted molar refractivity (Wildman–Crippen MR) is 71.0 cm³/mol. The Balaban J connectivity index is 2.27. The molecular weight excluding hydrogens is 212 g/mol. The maximum Gasteiger partial charge on any atom is 0.162 e. The Morgan fingerprint density at radius 1 is 1.35 bits per heavy atom. The van der Waals surface area contributed by atoms with Crippen molar-refractivity contribution < 1.29 is 9.53 Å². The van der Waals surface area contributed by atoms with E-state index < -0.39 is 0 Å². The minimum Gasteiger partial charge on any atom is -0.374 e. The number of hydrogen-bond acceptors (Lipinski definition) is 2. The van der Waals surface area contributed by atoms with E-state index in [4.69, 9.17) is 4.74 Å². The summed E-state index contributed by atoms with van der Waals surface area (Å²) < 4.78 is 5.48. The van der Waals surface area contributed by atoms with Gasteiger partial charge in [-0.15, -0.1) is 0 Å². The third kappa shape index (κ3) is 5.31. The predicted octanol–water partition coefficient (Wildman–Crippen LogP) is 3.82. The van der Waals surface area contributed by atoms with Gasteiger partial charge >= 0.3 is 0 Å². The van der Waals surface area contributed by atoms with Crippen LogP contribution in [-0.2, 0) is 9.53 Å². The van der Waals surface area contributed by atoms with Gasteiger partial charge in [0.15, 0.2) is 5.78 Å². The number of ketones is 1. The summed E-state index contributed by atoms with van der Waals surface area (Å²) in [5, 5.41) is 0. The van der Waals surface area contributed by atoms with Gasteiger partial charge in [-0.25, -0.2) is 0 Å². The van der Waals surface area contributed by atoms with Crippen molar-refractivity contribution in [1.82, 2.24) is 0 Å². The molecule has 1 aliphatic rings. The molecule has 2 heteroatoms. The molecule has 0 heterocycles. The van der Waals surface area contributed by atoms with E-state index >= 15 is 0 Å². The second-order valence-corrected chi connectivity index (χ2v) is 4.48. The number of hydrogen-bond donors (Lipinski definition) is 0. The van der Waals surface area contributed by atoms with Crippen LogP contribution in [0.4, 0.5) is 0 Å². The lowest BCUT2D eigenvalue weighted by molar-refractivity contribution is -0.115. The molecule has 0 N–H and O–H groups in total. The summed E-state index contributed by atoms with van der Waals surface area (Å²) in [6.45, 7) is 4.90. The second kappa shape index (κ2) is 8.24. The molecule has 0 amide bonds. The smallest absolute Gasteiger partial charge is 0.162 e. The van der Waals surface area contributed by atoms with Crippen molar-refractivity contribution >= 4 is 5.78 Å². The molecule has 0 saturated carbocycles. The topological polar surface area (TPSA) is 26.3 Å². The van der Waals surface area contributed by atoms with Crippen molar-refractivity contribution in [2.45, 2.75) is 58.5 Å². The molecule has 1 unspecified atom stereocenters. The molecule has 1 atom stereocenters. The summed E-state index contributed by atoms with van der Waals surface area (Å²) in [4.78, 5) is 11.9. The first kappa shape index (κ1) is 14.2. The number of unbranched alkanes of at least 4 members (excludes halogenated alkanes) is 3. The van der Waals surface area contributed by atoms with Gasteiger partial charge < -0.3 is 4.74 Å². The number of ether oxygens (including phenoxy) is 1. The third-order valence-electron chi connectivity index (χ3n) is 3.02. The molecule has 1 rings (SSSR count). The van der Waals surface area contributed by atoms with Crippen LogP contribution in [0.3, 0.4) is 0 Å². The molecule has 0 fully saturated rings. The van der Waals surface area contributed by atoms with E-state index in [1.807, 2.05) is 25.2 Å². The SMILES string of the molecule is CCCCCCC(=O)C1=CCC(OCC)C=C1. The van der Waals surface area contributed by atoms with Gasteiger partial charge in [0.25, 0.3) is 0 Å². The van der Waals surface area contributed by atoms with Crippen LogP contribution in [0, 0.1) is 0 Å². The first-order valence-corrected chi connectivity index (χ1v) is 6.81. The van der Waals surface area contributed by atoms with Crippen molar-refractivity contribution in [3.8, 4) is 0 Å². The summed E-state index contributed by atoms with van der Waals surface area (Å²) in [5.74, 6) is 0.285. The molecule has 0 aromatic carbocycles.